The van der Waals surface area contributed by atoms with E-state index in [1.807, 2.05) is 23.0 Å². The Morgan fingerprint density at radius 3 is 2.79 bits per heavy atom. The summed E-state index contributed by atoms with van der Waals surface area (Å²) in [6.07, 6.45) is 9.57. The lowest BCUT2D eigenvalue weighted by Crippen LogP contribution is -2.19. The monoisotopic (exact) mass is 379 g/mol. The Labute approximate surface area is 161 Å². The zero-order chi connectivity index (χ0) is 19.5. The van der Waals surface area contributed by atoms with E-state index < -0.39 is 0 Å². The van der Waals surface area contributed by atoms with Crippen LogP contribution in [0.1, 0.15) is 42.2 Å². The van der Waals surface area contributed by atoms with Crippen molar-refractivity contribution in [1.82, 2.24) is 19.7 Å². The van der Waals surface area contributed by atoms with Gasteiger partial charge in [0.25, 0.3) is 5.91 Å². The average Bonchev–Trinajstić information content (AvgIpc) is 3.16. The lowest BCUT2D eigenvalue weighted by molar-refractivity contribution is -0.112. The molecule has 1 saturated carbocycles. The Kier molecular flexibility index (Phi) is 5.01. The van der Waals surface area contributed by atoms with Gasteiger partial charge in [-0.05, 0) is 37.8 Å². The molecule has 0 bridgehead atoms. The van der Waals surface area contributed by atoms with Crippen molar-refractivity contribution >= 4 is 28.8 Å². The van der Waals surface area contributed by atoms with Crippen molar-refractivity contribution in [3.63, 3.8) is 0 Å². The Morgan fingerprint density at radius 2 is 2.11 bits per heavy atom. The molecule has 8 nitrogen and oxygen atoms in total. The summed E-state index contributed by atoms with van der Waals surface area (Å²) >= 11 is 0. The first-order chi connectivity index (χ1) is 13.7. The SMILES string of the molecule is COc1cc2nn([C@H]3CC[C@H](C=O)CC3)cc2cc1NC(=O)c1ccncn1. The molecule has 144 valence electrons. The summed E-state index contributed by atoms with van der Waals surface area (Å²) in [6.45, 7) is 0. The van der Waals surface area contributed by atoms with Crippen molar-refractivity contribution < 1.29 is 14.3 Å². The average molecular weight is 379 g/mol. The minimum absolute atomic E-state index is 0.171. The van der Waals surface area contributed by atoms with E-state index in [0.29, 0.717) is 11.4 Å². The van der Waals surface area contributed by atoms with Gasteiger partial charge in [-0.2, -0.15) is 5.10 Å². The number of nitrogens with zero attached hydrogens (tertiary/aromatic N) is 4. The summed E-state index contributed by atoms with van der Waals surface area (Å²) in [7, 11) is 1.55. The highest BCUT2D eigenvalue weighted by molar-refractivity contribution is 6.04. The largest absolute Gasteiger partial charge is 0.494 e. The molecule has 0 spiro atoms. The number of rotatable bonds is 5. The number of hydrogen-bond donors (Lipinski definition) is 1. The van der Waals surface area contributed by atoms with Crippen LogP contribution in [0.4, 0.5) is 5.69 Å². The maximum atomic E-state index is 12.4. The van der Waals surface area contributed by atoms with Crippen LogP contribution in [0.2, 0.25) is 0 Å². The molecule has 0 aliphatic heterocycles. The number of fused-ring (bicyclic) bond motifs is 1. The molecule has 0 radical (unpaired) electrons. The predicted octanol–water partition coefficient (Wildman–Crippen LogP) is 3.02. The number of amides is 1. The molecule has 2 heterocycles. The number of nitrogens with one attached hydrogen (secondary N) is 1. The quantitative estimate of drug-likeness (QED) is 0.684. The normalized spacial score (nSPS) is 19.3. The number of carbonyl (C=O) groups excluding carboxylic acids is 2. The molecule has 1 aromatic carbocycles. The highest BCUT2D eigenvalue weighted by atomic mass is 16.5. The number of aldehydes is 1. The summed E-state index contributed by atoms with van der Waals surface area (Å²) in [5.41, 5.74) is 1.64. The minimum Gasteiger partial charge on any atom is -0.494 e. The van der Waals surface area contributed by atoms with Gasteiger partial charge in [0.05, 0.1) is 24.4 Å². The molecule has 0 unspecified atom stereocenters. The van der Waals surface area contributed by atoms with Gasteiger partial charge in [0.1, 0.15) is 24.1 Å². The molecular weight excluding hydrogens is 358 g/mol. The zero-order valence-corrected chi connectivity index (χ0v) is 15.5. The predicted molar refractivity (Wildman–Crippen MR) is 103 cm³/mol. The number of hydrogen-bond acceptors (Lipinski definition) is 6. The Morgan fingerprint density at radius 1 is 1.29 bits per heavy atom. The van der Waals surface area contributed by atoms with E-state index >= 15 is 0 Å². The molecule has 0 atom stereocenters. The fourth-order valence-electron chi connectivity index (χ4n) is 3.64. The van der Waals surface area contributed by atoms with Gasteiger partial charge >= 0.3 is 0 Å². The number of ether oxygens (including phenoxy) is 1. The third kappa shape index (κ3) is 3.58. The van der Waals surface area contributed by atoms with Crippen LogP contribution in [0.3, 0.4) is 0 Å². The highest BCUT2D eigenvalue weighted by Gasteiger charge is 2.23. The first-order valence-electron chi connectivity index (χ1n) is 9.27. The van der Waals surface area contributed by atoms with Gasteiger partial charge in [-0.3, -0.25) is 9.48 Å². The number of carbonyl (C=O) groups is 2. The summed E-state index contributed by atoms with van der Waals surface area (Å²) in [5, 5.41) is 8.44. The van der Waals surface area contributed by atoms with Crippen LogP contribution >= 0.6 is 0 Å². The number of benzene rings is 1. The van der Waals surface area contributed by atoms with Crippen LogP contribution in [0.5, 0.6) is 5.75 Å². The fraction of sp³-hybridized carbons (Fsp3) is 0.350. The second-order valence-electron chi connectivity index (χ2n) is 6.97. The number of anilines is 1. The first kappa shape index (κ1) is 18.1. The molecule has 1 aliphatic carbocycles. The van der Waals surface area contributed by atoms with Gasteiger partial charge in [-0.15, -0.1) is 0 Å². The van der Waals surface area contributed by atoms with Crippen molar-refractivity contribution in [1.29, 1.82) is 0 Å². The van der Waals surface area contributed by atoms with Gasteiger partial charge in [0.2, 0.25) is 0 Å². The van der Waals surface area contributed by atoms with Gasteiger partial charge in [-0.1, -0.05) is 0 Å². The van der Waals surface area contributed by atoms with E-state index in [1.165, 1.54) is 12.5 Å². The van der Waals surface area contributed by atoms with Crippen molar-refractivity contribution in [2.24, 2.45) is 5.92 Å². The summed E-state index contributed by atoms with van der Waals surface area (Å²) in [6, 6.07) is 5.51. The standard InChI is InChI=1S/C20H21N5O3/c1-28-19-9-17-14(8-18(19)23-20(27)16-6-7-21-12-22-16)10-25(24-17)15-4-2-13(11-26)3-5-15/h6-13,15H,2-5H2,1H3,(H,23,27)/t13-,15-. The lowest BCUT2D eigenvalue weighted by Gasteiger charge is -2.25. The third-order valence-electron chi connectivity index (χ3n) is 5.21. The fourth-order valence-corrected chi connectivity index (χ4v) is 3.64. The molecular formula is C20H21N5O3. The van der Waals surface area contributed by atoms with Crippen LogP contribution in [0.15, 0.2) is 36.9 Å². The summed E-state index contributed by atoms with van der Waals surface area (Å²) < 4.78 is 7.41. The molecule has 1 fully saturated rings. The summed E-state index contributed by atoms with van der Waals surface area (Å²) in [4.78, 5) is 31.2. The van der Waals surface area contributed by atoms with Crippen LogP contribution in [-0.4, -0.2) is 39.1 Å². The van der Waals surface area contributed by atoms with Gasteiger partial charge in [0, 0.05) is 29.8 Å². The minimum atomic E-state index is -0.334. The van der Waals surface area contributed by atoms with Gasteiger partial charge < -0.3 is 14.8 Å². The van der Waals surface area contributed by atoms with E-state index in [0.717, 1.165) is 42.9 Å². The molecule has 8 heteroatoms. The van der Waals surface area contributed by atoms with Gasteiger partial charge in [0.15, 0.2) is 0 Å². The topological polar surface area (TPSA) is 99.0 Å². The molecule has 1 aliphatic rings. The molecule has 0 saturated heterocycles. The van der Waals surface area contributed by atoms with E-state index in [9.17, 15) is 9.59 Å². The van der Waals surface area contributed by atoms with E-state index in [1.54, 1.807) is 13.2 Å². The van der Waals surface area contributed by atoms with E-state index in [4.69, 9.17) is 4.74 Å². The van der Waals surface area contributed by atoms with Crippen LogP contribution < -0.4 is 10.1 Å². The number of aromatic nitrogens is 4. The zero-order valence-electron chi connectivity index (χ0n) is 15.5. The summed E-state index contributed by atoms with van der Waals surface area (Å²) in [5.74, 6) is 0.370. The maximum absolute atomic E-state index is 12.4. The Balaban J connectivity index is 1.60. The second kappa shape index (κ2) is 7.75. The van der Waals surface area contributed by atoms with E-state index in [2.05, 4.69) is 20.4 Å². The van der Waals surface area contributed by atoms with Crippen LogP contribution in [0.25, 0.3) is 10.9 Å². The third-order valence-corrected chi connectivity index (χ3v) is 5.21. The van der Waals surface area contributed by atoms with Crippen molar-refractivity contribution in [3.8, 4) is 5.75 Å². The van der Waals surface area contributed by atoms with Crippen LogP contribution in [0, 0.1) is 5.92 Å². The Bertz CT molecular complexity index is 994. The molecule has 3 aromatic rings. The van der Waals surface area contributed by atoms with E-state index in [-0.39, 0.29) is 23.6 Å². The molecule has 4 rings (SSSR count). The first-order valence-corrected chi connectivity index (χ1v) is 9.27. The van der Waals surface area contributed by atoms with Crippen LogP contribution in [-0.2, 0) is 4.79 Å². The number of methoxy groups -OCH3 is 1. The van der Waals surface area contributed by atoms with Gasteiger partial charge in [-0.25, -0.2) is 9.97 Å². The lowest BCUT2D eigenvalue weighted by atomic mass is 9.87. The molecule has 28 heavy (non-hydrogen) atoms. The molecule has 2 aromatic heterocycles. The molecule has 1 amide bonds. The second-order valence-corrected chi connectivity index (χ2v) is 6.97. The van der Waals surface area contributed by atoms with Crippen molar-refractivity contribution in [3.05, 3.63) is 42.6 Å². The maximum Gasteiger partial charge on any atom is 0.274 e. The van der Waals surface area contributed by atoms with Crippen molar-refractivity contribution in [2.75, 3.05) is 12.4 Å². The Hall–Kier alpha value is -3.29. The smallest absolute Gasteiger partial charge is 0.274 e. The van der Waals surface area contributed by atoms with Crippen molar-refractivity contribution in [2.45, 2.75) is 31.7 Å². The highest BCUT2D eigenvalue weighted by Crippen LogP contribution is 2.34. The molecule has 1 N–H and O–H groups in total.